The van der Waals surface area contributed by atoms with Crippen LogP contribution in [0, 0.1) is 5.92 Å². The normalized spacial score (nSPS) is 17.0. The van der Waals surface area contributed by atoms with Crippen LogP contribution in [-0.2, 0) is 17.9 Å². The number of aromatic nitrogens is 2. The number of nitrogens with two attached hydrogens (primary N) is 1. The van der Waals surface area contributed by atoms with E-state index in [0.29, 0.717) is 32.0 Å². The Labute approximate surface area is 154 Å². The van der Waals surface area contributed by atoms with Crippen LogP contribution in [0.2, 0.25) is 0 Å². The summed E-state index contributed by atoms with van der Waals surface area (Å²) in [7, 11) is 0. The lowest BCUT2D eigenvalue weighted by Crippen LogP contribution is -2.32. The number of fused-ring (bicyclic) bond motifs is 1. The molecule has 2 N–H and O–H groups in total. The number of halogens is 1. The lowest BCUT2D eigenvalue weighted by molar-refractivity contribution is -0.130. The summed E-state index contributed by atoms with van der Waals surface area (Å²) < 4.78 is 3.54. The maximum atomic E-state index is 12.7. The Morgan fingerprint density at radius 3 is 2.40 bits per heavy atom. The molecule has 3 rings (SSSR count). The Kier molecular flexibility index (Phi) is 6.67. The smallest absolute Gasteiger partial charge is 0.329 e. The minimum absolute atomic E-state index is 0. The third-order valence-electron chi connectivity index (χ3n) is 4.89. The summed E-state index contributed by atoms with van der Waals surface area (Å²) >= 11 is 0. The van der Waals surface area contributed by atoms with E-state index in [1.165, 1.54) is 0 Å². The first kappa shape index (κ1) is 19.5. The van der Waals surface area contributed by atoms with Crippen molar-refractivity contribution < 1.29 is 4.79 Å². The molecule has 7 heteroatoms. The summed E-state index contributed by atoms with van der Waals surface area (Å²) in [5.74, 6) is 0.535. The first-order chi connectivity index (χ1) is 11.7. The van der Waals surface area contributed by atoms with Crippen molar-refractivity contribution in [1.29, 1.82) is 0 Å². The zero-order valence-electron chi connectivity index (χ0n) is 14.7. The van der Waals surface area contributed by atoms with Crippen LogP contribution < -0.4 is 11.4 Å². The van der Waals surface area contributed by atoms with Crippen LogP contribution in [0.3, 0.4) is 0 Å². The molecule has 1 atom stereocenters. The highest BCUT2D eigenvalue weighted by Crippen LogP contribution is 2.17. The molecule has 2 aromatic rings. The Morgan fingerprint density at radius 2 is 1.84 bits per heavy atom. The van der Waals surface area contributed by atoms with Crippen molar-refractivity contribution in [3.05, 3.63) is 34.7 Å². The van der Waals surface area contributed by atoms with Gasteiger partial charge in [-0.1, -0.05) is 19.1 Å². The molecule has 1 aromatic carbocycles. The predicted molar refractivity (Wildman–Crippen MR) is 102 cm³/mol. The summed E-state index contributed by atoms with van der Waals surface area (Å²) in [6.07, 6.45) is 2.25. The molecule has 138 valence electrons. The summed E-state index contributed by atoms with van der Waals surface area (Å²) in [4.78, 5) is 27.0. The first-order valence-corrected chi connectivity index (χ1v) is 8.81. The molecule has 1 aromatic heterocycles. The van der Waals surface area contributed by atoms with Crippen LogP contribution in [0.1, 0.15) is 26.2 Å². The zero-order chi connectivity index (χ0) is 17.1. The van der Waals surface area contributed by atoms with Crippen LogP contribution >= 0.6 is 12.4 Å². The van der Waals surface area contributed by atoms with E-state index in [9.17, 15) is 9.59 Å². The number of hydrogen-bond donors (Lipinski definition) is 1. The highest BCUT2D eigenvalue weighted by molar-refractivity contribution is 5.85. The second-order valence-corrected chi connectivity index (χ2v) is 6.55. The van der Waals surface area contributed by atoms with Gasteiger partial charge in [0.2, 0.25) is 5.91 Å². The standard InChI is InChI=1S/C18H26N4O2.ClH/c1-2-9-21-15-5-3-4-6-16(15)22(18(21)24)11-8-17(23)20-10-7-14(12-19)13-20;/h3-6,14H,2,7-13,19H2,1H3;1H. The van der Waals surface area contributed by atoms with Gasteiger partial charge in [0.1, 0.15) is 0 Å². The molecule has 1 aliphatic rings. The quantitative estimate of drug-likeness (QED) is 0.847. The number of likely N-dealkylation sites (tertiary alicyclic amines) is 1. The summed E-state index contributed by atoms with van der Waals surface area (Å²) in [5, 5.41) is 0. The van der Waals surface area contributed by atoms with Gasteiger partial charge in [0.25, 0.3) is 0 Å². The molecule has 0 radical (unpaired) electrons. The molecule has 0 spiro atoms. The monoisotopic (exact) mass is 366 g/mol. The van der Waals surface area contributed by atoms with Crippen molar-refractivity contribution in [3.63, 3.8) is 0 Å². The van der Waals surface area contributed by atoms with Gasteiger partial charge >= 0.3 is 5.69 Å². The number of para-hydroxylation sites is 2. The van der Waals surface area contributed by atoms with Crippen LogP contribution in [0.4, 0.5) is 0 Å². The Bertz CT molecular complexity index is 783. The van der Waals surface area contributed by atoms with E-state index in [4.69, 9.17) is 5.73 Å². The van der Waals surface area contributed by atoms with Crippen molar-refractivity contribution in [2.24, 2.45) is 11.7 Å². The molecule has 1 amide bonds. The van der Waals surface area contributed by atoms with Gasteiger partial charge in [-0.25, -0.2) is 4.79 Å². The Morgan fingerprint density at radius 1 is 1.20 bits per heavy atom. The first-order valence-electron chi connectivity index (χ1n) is 8.81. The Hall–Kier alpha value is -1.79. The number of carbonyl (C=O) groups excluding carboxylic acids is 1. The molecule has 1 unspecified atom stereocenters. The molecule has 0 aliphatic carbocycles. The van der Waals surface area contributed by atoms with E-state index in [2.05, 4.69) is 6.92 Å². The van der Waals surface area contributed by atoms with Crippen molar-refractivity contribution in [1.82, 2.24) is 14.0 Å². The average molecular weight is 367 g/mol. The van der Waals surface area contributed by atoms with Gasteiger partial charge in [-0.3, -0.25) is 13.9 Å². The van der Waals surface area contributed by atoms with Crippen LogP contribution in [0.25, 0.3) is 11.0 Å². The topological polar surface area (TPSA) is 73.3 Å². The summed E-state index contributed by atoms with van der Waals surface area (Å²) in [6.45, 7) is 5.36. The van der Waals surface area contributed by atoms with Gasteiger partial charge in [0.15, 0.2) is 0 Å². The van der Waals surface area contributed by atoms with Gasteiger partial charge in [-0.15, -0.1) is 12.4 Å². The molecule has 2 heterocycles. The second-order valence-electron chi connectivity index (χ2n) is 6.55. The van der Waals surface area contributed by atoms with Gasteiger partial charge < -0.3 is 10.6 Å². The van der Waals surface area contributed by atoms with Crippen molar-refractivity contribution in [2.75, 3.05) is 19.6 Å². The van der Waals surface area contributed by atoms with E-state index in [0.717, 1.165) is 37.0 Å². The van der Waals surface area contributed by atoms with Gasteiger partial charge in [0.05, 0.1) is 11.0 Å². The maximum absolute atomic E-state index is 12.7. The SMILES string of the molecule is CCCn1c(=O)n(CCC(=O)N2CCC(CN)C2)c2ccccc21.Cl. The van der Waals surface area contributed by atoms with Gasteiger partial charge in [0, 0.05) is 32.6 Å². The molecule has 25 heavy (non-hydrogen) atoms. The van der Waals surface area contributed by atoms with Crippen LogP contribution in [0.5, 0.6) is 0 Å². The number of hydrogen-bond acceptors (Lipinski definition) is 3. The maximum Gasteiger partial charge on any atom is 0.329 e. The number of imidazole rings is 1. The van der Waals surface area contributed by atoms with Crippen LogP contribution in [0.15, 0.2) is 29.1 Å². The number of benzene rings is 1. The third kappa shape index (κ3) is 3.90. The molecule has 6 nitrogen and oxygen atoms in total. The number of rotatable bonds is 6. The van der Waals surface area contributed by atoms with E-state index in [1.807, 2.05) is 29.2 Å². The highest BCUT2D eigenvalue weighted by atomic mass is 35.5. The lowest BCUT2D eigenvalue weighted by atomic mass is 10.1. The second kappa shape index (κ2) is 8.54. The summed E-state index contributed by atoms with van der Waals surface area (Å²) in [5.41, 5.74) is 7.52. The van der Waals surface area contributed by atoms with E-state index in [-0.39, 0.29) is 24.0 Å². The zero-order valence-corrected chi connectivity index (χ0v) is 15.5. The minimum Gasteiger partial charge on any atom is -0.342 e. The molecule has 0 saturated carbocycles. The van der Waals surface area contributed by atoms with E-state index < -0.39 is 0 Å². The van der Waals surface area contributed by atoms with Gasteiger partial charge in [-0.05, 0) is 37.4 Å². The van der Waals surface area contributed by atoms with Crippen molar-refractivity contribution >= 4 is 29.3 Å². The molecule has 1 fully saturated rings. The third-order valence-corrected chi connectivity index (χ3v) is 4.89. The lowest BCUT2D eigenvalue weighted by Gasteiger charge is -2.16. The number of carbonyl (C=O) groups is 1. The average Bonchev–Trinajstić information content (AvgIpc) is 3.18. The number of nitrogens with zero attached hydrogens (tertiary/aromatic N) is 3. The Balaban J connectivity index is 0.00000225. The fourth-order valence-electron chi connectivity index (χ4n) is 3.55. The predicted octanol–water partition coefficient (Wildman–Crippen LogP) is 1.83. The molecule has 1 aliphatic heterocycles. The highest BCUT2D eigenvalue weighted by Gasteiger charge is 2.25. The van der Waals surface area contributed by atoms with E-state index in [1.54, 1.807) is 9.13 Å². The molecular weight excluding hydrogens is 340 g/mol. The number of aryl methyl sites for hydroxylation is 2. The van der Waals surface area contributed by atoms with Gasteiger partial charge in [-0.2, -0.15) is 0 Å². The molecular formula is C18H27ClN4O2. The van der Waals surface area contributed by atoms with Crippen molar-refractivity contribution in [3.8, 4) is 0 Å². The number of amides is 1. The fraction of sp³-hybridized carbons (Fsp3) is 0.556. The minimum atomic E-state index is -0.0212. The van der Waals surface area contributed by atoms with Crippen molar-refractivity contribution in [2.45, 2.75) is 39.3 Å². The summed E-state index contributed by atoms with van der Waals surface area (Å²) in [6, 6.07) is 7.80. The van der Waals surface area contributed by atoms with Crippen LogP contribution in [-0.4, -0.2) is 39.6 Å². The van der Waals surface area contributed by atoms with E-state index >= 15 is 0 Å². The molecule has 1 saturated heterocycles. The largest absolute Gasteiger partial charge is 0.342 e. The molecule has 0 bridgehead atoms. The fourth-order valence-corrected chi connectivity index (χ4v) is 3.55.